The summed E-state index contributed by atoms with van der Waals surface area (Å²) in [4.78, 5) is 31.7. The minimum absolute atomic E-state index is 0.215. The molecule has 0 bridgehead atoms. The van der Waals surface area contributed by atoms with Crippen LogP contribution >= 0.6 is 50.5 Å². The molecule has 1 aliphatic heterocycles. The molecule has 2 aromatic carbocycles. The lowest BCUT2D eigenvalue weighted by molar-refractivity contribution is -0.139. The van der Waals surface area contributed by atoms with Gasteiger partial charge in [0, 0.05) is 16.1 Å². The fourth-order valence-electron chi connectivity index (χ4n) is 4.12. The first-order valence-corrected chi connectivity index (χ1v) is 13.6. The number of allylic oxidation sites excluding steroid dienone is 1. The highest BCUT2D eigenvalue weighted by Gasteiger charge is 2.33. The summed E-state index contributed by atoms with van der Waals surface area (Å²) in [7, 11) is 0. The Morgan fingerprint density at radius 3 is 2.62 bits per heavy atom. The maximum Gasteiger partial charge on any atom is 0.338 e. The topological polar surface area (TPSA) is 73.8 Å². The maximum atomic E-state index is 13.7. The standard InChI is InChI=1S/C27H19BrCl2N2O4S/c1-3-35-26(34)23-14(2)31-27-32(24(23)15-4-7-17(28)8-5-15)25(33)22(37-27)13-18-9-11-21(36-18)16-6-10-19(29)20(30)12-16/h4-13,24H,3H2,1-2H3/b22-13-/t24-/m1/s1. The SMILES string of the molecule is CCOC(=O)C1=C(C)N=c2s/c(=C\c3ccc(-c4ccc(Cl)c(Cl)c4)o3)c(=O)n2[C@@H]1c1ccc(Br)cc1. The molecule has 1 atom stereocenters. The van der Waals surface area contributed by atoms with Gasteiger partial charge in [0.05, 0.1) is 38.5 Å². The van der Waals surface area contributed by atoms with Gasteiger partial charge >= 0.3 is 5.97 Å². The Hall–Kier alpha value is -2.91. The third kappa shape index (κ3) is 4.99. The molecule has 1 aliphatic rings. The Bertz CT molecular complexity index is 1730. The summed E-state index contributed by atoms with van der Waals surface area (Å²) in [5.74, 6) is 0.585. The number of rotatable bonds is 5. The number of fused-ring (bicyclic) bond motifs is 1. The number of carbonyl (C=O) groups excluding carboxylic acids is 1. The van der Waals surface area contributed by atoms with E-state index in [2.05, 4.69) is 20.9 Å². The monoisotopic (exact) mass is 616 g/mol. The summed E-state index contributed by atoms with van der Waals surface area (Å²) in [6, 6.07) is 15.6. The second-order valence-electron chi connectivity index (χ2n) is 8.18. The van der Waals surface area contributed by atoms with Crippen molar-refractivity contribution in [3.8, 4) is 11.3 Å². The molecule has 0 aliphatic carbocycles. The highest BCUT2D eigenvalue weighted by Crippen LogP contribution is 2.32. The molecule has 0 saturated carbocycles. The van der Waals surface area contributed by atoms with E-state index in [4.69, 9.17) is 32.4 Å². The molecule has 188 valence electrons. The van der Waals surface area contributed by atoms with E-state index < -0.39 is 12.0 Å². The van der Waals surface area contributed by atoms with Crippen LogP contribution in [0.5, 0.6) is 0 Å². The Kier molecular flexibility index (Phi) is 7.27. The second-order valence-corrected chi connectivity index (χ2v) is 10.9. The minimum atomic E-state index is -0.672. The number of hydrogen-bond acceptors (Lipinski definition) is 6. The van der Waals surface area contributed by atoms with Crippen LogP contribution in [-0.2, 0) is 9.53 Å². The molecule has 5 rings (SSSR count). The Morgan fingerprint density at radius 2 is 1.92 bits per heavy atom. The van der Waals surface area contributed by atoms with Crippen molar-refractivity contribution in [2.45, 2.75) is 19.9 Å². The van der Waals surface area contributed by atoms with E-state index in [0.29, 0.717) is 42.2 Å². The van der Waals surface area contributed by atoms with Gasteiger partial charge in [-0.05, 0) is 61.9 Å². The number of thiazole rings is 1. The summed E-state index contributed by atoms with van der Waals surface area (Å²) in [5, 5.41) is 0.877. The lowest BCUT2D eigenvalue weighted by atomic mass is 9.96. The average molecular weight is 618 g/mol. The number of benzene rings is 2. The van der Waals surface area contributed by atoms with Crippen LogP contribution in [0.4, 0.5) is 0 Å². The molecule has 37 heavy (non-hydrogen) atoms. The molecular formula is C27H19BrCl2N2O4S. The molecule has 0 spiro atoms. The van der Waals surface area contributed by atoms with Crippen LogP contribution in [-0.4, -0.2) is 17.1 Å². The molecule has 10 heteroatoms. The summed E-state index contributed by atoms with van der Waals surface area (Å²) >= 11 is 16.8. The lowest BCUT2D eigenvalue weighted by Crippen LogP contribution is -2.39. The van der Waals surface area contributed by atoms with Crippen molar-refractivity contribution in [2.24, 2.45) is 4.99 Å². The van der Waals surface area contributed by atoms with Crippen molar-refractivity contribution in [1.82, 2.24) is 4.57 Å². The predicted molar refractivity (Wildman–Crippen MR) is 149 cm³/mol. The smallest absolute Gasteiger partial charge is 0.338 e. The van der Waals surface area contributed by atoms with E-state index in [9.17, 15) is 9.59 Å². The van der Waals surface area contributed by atoms with E-state index in [1.807, 2.05) is 30.3 Å². The number of hydrogen-bond donors (Lipinski definition) is 0. The van der Waals surface area contributed by atoms with Crippen LogP contribution in [0, 0.1) is 0 Å². The number of aromatic nitrogens is 1. The molecule has 0 fully saturated rings. The van der Waals surface area contributed by atoms with Gasteiger partial charge in [0.15, 0.2) is 4.80 Å². The van der Waals surface area contributed by atoms with Gasteiger partial charge in [-0.2, -0.15) is 0 Å². The Balaban J connectivity index is 1.62. The minimum Gasteiger partial charge on any atom is -0.463 e. The van der Waals surface area contributed by atoms with Crippen molar-refractivity contribution >= 4 is 62.5 Å². The largest absolute Gasteiger partial charge is 0.463 e. The van der Waals surface area contributed by atoms with Gasteiger partial charge in [0.2, 0.25) is 0 Å². The van der Waals surface area contributed by atoms with Crippen LogP contribution in [0.25, 0.3) is 17.4 Å². The van der Waals surface area contributed by atoms with Gasteiger partial charge in [0.25, 0.3) is 5.56 Å². The van der Waals surface area contributed by atoms with E-state index in [0.717, 1.165) is 15.6 Å². The number of carbonyl (C=O) groups is 1. The van der Waals surface area contributed by atoms with Gasteiger partial charge in [-0.3, -0.25) is 9.36 Å². The maximum absolute atomic E-state index is 13.7. The van der Waals surface area contributed by atoms with E-state index in [1.165, 1.54) is 11.3 Å². The highest BCUT2D eigenvalue weighted by molar-refractivity contribution is 9.10. The van der Waals surface area contributed by atoms with Crippen molar-refractivity contribution in [3.05, 3.63) is 111 Å². The fraction of sp³-hybridized carbons (Fsp3) is 0.148. The van der Waals surface area contributed by atoms with Gasteiger partial charge in [0.1, 0.15) is 11.5 Å². The zero-order chi connectivity index (χ0) is 26.3. The summed E-state index contributed by atoms with van der Waals surface area (Å²) < 4.78 is 14.2. The highest BCUT2D eigenvalue weighted by atomic mass is 79.9. The molecule has 4 aromatic rings. The van der Waals surface area contributed by atoms with E-state index in [1.54, 1.807) is 48.8 Å². The first-order chi connectivity index (χ1) is 17.8. The molecule has 2 aromatic heterocycles. The molecule has 0 N–H and O–H groups in total. The van der Waals surface area contributed by atoms with Crippen LogP contribution in [0.1, 0.15) is 31.2 Å². The molecule has 0 saturated heterocycles. The van der Waals surface area contributed by atoms with Gasteiger partial charge < -0.3 is 9.15 Å². The van der Waals surface area contributed by atoms with Crippen LogP contribution in [0.2, 0.25) is 10.0 Å². The Labute approximate surface area is 234 Å². The predicted octanol–water partition coefficient (Wildman–Crippen LogP) is 6.13. The zero-order valence-corrected chi connectivity index (χ0v) is 23.5. The number of halogens is 3. The first kappa shape index (κ1) is 25.7. The second kappa shape index (κ2) is 10.5. The number of esters is 1. The number of ether oxygens (including phenoxy) is 1. The lowest BCUT2D eigenvalue weighted by Gasteiger charge is -2.24. The molecule has 0 radical (unpaired) electrons. The van der Waals surface area contributed by atoms with Gasteiger partial charge in [-0.1, -0.05) is 62.6 Å². The van der Waals surface area contributed by atoms with E-state index >= 15 is 0 Å². The molecule has 6 nitrogen and oxygen atoms in total. The van der Waals surface area contributed by atoms with Gasteiger partial charge in [-0.25, -0.2) is 9.79 Å². The molecule has 0 unspecified atom stereocenters. The van der Waals surface area contributed by atoms with Crippen LogP contribution in [0.15, 0.2) is 84.5 Å². The average Bonchev–Trinajstić information content (AvgIpc) is 3.45. The van der Waals surface area contributed by atoms with Crippen molar-refractivity contribution < 1.29 is 13.9 Å². The van der Waals surface area contributed by atoms with Gasteiger partial charge in [-0.15, -0.1) is 0 Å². The number of nitrogens with zero attached hydrogens (tertiary/aromatic N) is 2. The summed E-state index contributed by atoms with van der Waals surface area (Å²) in [6.45, 7) is 3.71. The fourth-order valence-corrected chi connectivity index (χ4v) is 5.71. The van der Waals surface area contributed by atoms with Crippen LogP contribution in [0.3, 0.4) is 0 Å². The first-order valence-electron chi connectivity index (χ1n) is 11.3. The summed E-state index contributed by atoms with van der Waals surface area (Å²) in [6.07, 6.45) is 1.67. The van der Waals surface area contributed by atoms with Crippen molar-refractivity contribution in [1.29, 1.82) is 0 Å². The summed E-state index contributed by atoms with van der Waals surface area (Å²) in [5.41, 5.74) is 2.11. The zero-order valence-electron chi connectivity index (χ0n) is 19.6. The molecule has 3 heterocycles. The third-order valence-corrected chi connectivity index (χ3v) is 8.06. The van der Waals surface area contributed by atoms with Crippen molar-refractivity contribution in [2.75, 3.05) is 6.61 Å². The van der Waals surface area contributed by atoms with Crippen molar-refractivity contribution in [3.63, 3.8) is 0 Å². The quantitative estimate of drug-likeness (QED) is 0.253. The normalized spacial score (nSPS) is 15.5. The third-order valence-electron chi connectivity index (χ3n) is 5.81. The molecular weight excluding hydrogens is 599 g/mol. The Morgan fingerprint density at radius 1 is 1.16 bits per heavy atom. The molecule has 0 amide bonds. The number of furan rings is 1. The van der Waals surface area contributed by atoms with Crippen LogP contribution < -0.4 is 14.9 Å². The van der Waals surface area contributed by atoms with E-state index in [-0.39, 0.29) is 12.2 Å².